The molecule has 0 radical (unpaired) electrons. The number of benzene rings is 1. The van der Waals surface area contributed by atoms with Crippen molar-refractivity contribution in [3.05, 3.63) is 71.0 Å². The first-order valence-electron chi connectivity index (χ1n) is 14.9. The molecular weight excluding hydrogens is 543 g/mol. The molecule has 3 aromatic rings. The third kappa shape index (κ3) is 5.29. The Bertz CT molecular complexity index is 1450. The molecule has 224 valence electrons. The van der Waals surface area contributed by atoms with Gasteiger partial charge in [0, 0.05) is 75.1 Å². The van der Waals surface area contributed by atoms with E-state index in [0.29, 0.717) is 37.3 Å². The zero-order valence-corrected chi connectivity index (χ0v) is 24.4. The number of alkyl halides is 3. The number of amides is 1. The second kappa shape index (κ2) is 11.2. The normalized spacial score (nSPS) is 25.1. The number of likely N-dealkylation sites (tertiary alicyclic amines) is 1. The van der Waals surface area contributed by atoms with E-state index in [4.69, 9.17) is 4.74 Å². The summed E-state index contributed by atoms with van der Waals surface area (Å²) in [6.45, 7) is 10.9. The van der Waals surface area contributed by atoms with Crippen molar-refractivity contribution in [2.24, 2.45) is 0 Å². The molecule has 3 aliphatic rings. The number of pyridine rings is 2. The molecule has 2 fully saturated rings. The summed E-state index contributed by atoms with van der Waals surface area (Å²) in [5.74, 6) is 0.0196. The lowest BCUT2D eigenvalue weighted by molar-refractivity contribution is -0.137. The molecule has 2 aromatic heterocycles. The summed E-state index contributed by atoms with van der Waals surface area (Å²) in [4.78, 5) is 29.0. The highest BCUT2D eigenvalue weighted by Gasteiger charge is 2.45. The van der Waals surface area contributed by atoms with Gasteiger partial charge in [-0.1, -0.05) is 6.07 Å². The molecule has 42 heavy (non-hydrogen) atoms. The van der Waals surface area contributed by atoms with Crippen LogP contribution in [0.4, 0.5) is 13.2 Å². The summed E-state index contributed by atoms with van der Waals surface area (Å²) in [7, 11) is 0. The summed E-state index contributed by atoms with van der Waals surface area (Å²) in [5, 5.41) is 0.775. The predicted octanol–water partition coefficient (Wildman–Crippen LogP) is 5.35. The molecule has 10 heteroatoms. The van der Waals surface area contributed by atoms with Crippen LogP contribution in [0.2, 0.25) is 0 Å². The molecule has 0 spiro atoms. The van der Waals surface area contributed by atoms with Crippen LogP contribution >= 0.6 is 0 Å². The standard InChI is InChI=1S/C32H38F3N5O2/c1-4-42-27-19-22-18-23(32(33,34)35)7-8-24(22)28(27)40-17-16-39(20-21(40)2)31(3)10-14-38(15-11-31)30(41)26-9-13-37-29-25(26)6-5-12-36-29/h5-9,12-13,18,21,27-28H,4,10-11,14-17,19-20H2,1-3H3/t21?,27?,28-/m1/s1. The Morgan fingerprint density at radius 1 is 1.07 bits per heavy atom. The van der Waals surface area contributed by atoms with Gasteiger partial charge < -0.3 is 9.64 Å². The number of fused-ring (bicyclic) bond motifs is 2. The number of piperidine rings is 1. The van der Waals surface area contributed by atoms with Gasteiger partial charge in [-0.2, -0.15) is 13.2 Å². The topological polar surface area (TPSA) is 61.8 Å². The maximum atomic E-state index is 13.5. The highest BCUT2D eigenvalue weighted by Crippen LogP contribution is 2.43. The van der Waals surface area contributed by atoms with Gasteiger partial charge in [-0.25, -0.2) is 9.97 Å². The Balaban J connectivity index is 1.13. The lowest BCUT2D eigenvalue weighted by atomic mass is 9.86. The fourth-order valence-electron chi connectivity index (χ4n) is 7.25. The van der Waals surface area contributed by atoms with Crippen molar-refractivity contribution in [2.45, 2.75) is 69.9 Å². The summed E-state index contributed by atoms with van der Waals surface area (Å²) in [6, 6.07) is 9.83. The molecule has 4 heterocycles. The Labute approximate surface area is 244 Å². The minimum atomic E-state index is -4.36. The number of hydrogen-bond acceptors (Lipinski definition) is 6. The summed E-state index contributed by atoms with van der Waals surface area (Å²) < 4.78 is 46.3. The summed E-state index contributed by atoms with van der Waals surface area (Å²) in [6.07, 6.45) is 1.06. The van der Waals surface area contributed by atoms with E-state index in [1.807, 2.05) is 24.0 Å². The molecule has 2 aliphatic heterocycles. The van der Waals surface area contributed by atoms with Crippen molar-refractivity contribution in [1.82, 2.24) is 24.7 Å². The van der Waals surface area contributed by atoms with Crippen LogP contribution in [0.25, 0.3) is 11.0 Å². The fraction of sp³-hybridized carbons (Fsp3) is 0.531. The molecule has 0 saturated carbocycles. The lowest BCUT2D eigenvalue weighted by Crippen LogP contribution is -2.62. The van der Waals surface area contributed by atoms with Crippen LogP contribution in [0.3, 0.4) is 0 Å². The van der Waals surface area contributed by atoms with Crippen LogP contribution in [0.1, 0.15) is 66.7 Å². The SMILES string of the molecule is CCOC1Cc2cc(C(F)(F)F)ccc2[C@H]1N1CCN(C2(C)CCN(C(=O)c3ccnc4ncccc34)CC2)CC1C. The van der Waals surface area contributed by atoms with Crippen LogP contribution < -0.4 is 0 Å². The van der Waals surface area contributed by atoms with E-state index in [1.54, 1.807) is 24.5 Å². The first-order chi connectivity index (χ1) is 20.1. The van der Waals surface area contributed by atoms with Crippen molar-refractivity contribution < 1.29 is 22.7 Å². The van der Waals surface area contributed by atoms with E-state index >= 15 is 0 Å². The highest BCUT2D eigenvalue weighted by molar-refractivity contribution is 6.05. The van der Waals surface area contributed by atoms with Crippen LogP contribution in [-0.2, 0) is 17.3 Å². The number of nitrogens with zero attached hydrogens (tertiary/aromatic N) is 5. The maximum Gasteiger partial charge on any atom is 0.416 e. The van der Waals surface area contributed by atoms with Gasteiger partial charge in [-0.15, -0.1) is 0 Å². The van der Waals surface area contributed by atoms with Gasteiger partial charge in [0.05, 0.1) is 23.3 Å². The minimum Gasteiger partial charge on any atom is -0.376 e. The van der Waals surface area contributed by atoms with Crippen molar-refractivity contribution >= 4 is 16.9 Å². The highest BCUT2D eigenvalue weighted by atomic mass is 19.4. The van der Waals surface area contributed by atoms with E-state index in [-0.39, 0.29) is 29.6 Å². The first kappa shape index (κ1) is 29.0. The Morgan fingerprint density at radius 2 is 1.83 bits per heavy atom. The first-order valence-corrected chi connectivity index (χ1v) is 14.9. The third-order valence-electron chi connectivity index (χ3n) is 9.62. The third-order valence-corrected chi connectivity index (χ3v) is 9.62. The number of ether oxygens (including phenoxy) is 1. The van der Waals surface area contributed by atoms with Crippen LogP contribution in [-0.4, -0.2) is 87.6 Å². The van der Waals surface area contributed by atoms with Crippen molar-refractivity contribution in [1.29, 1.82) is 0 Å². The molecule has 7 nitrogen and oxygen atoms in total. The van der Waals surface area contributed by atoms with Gasteiger partial charge in [0.15, 0.2) is 5.65 Å². The largest absolute Gasteiger partial charge is 0.416 e. The van der Waals surface area contributed by atoms with Gasteiger partial charge in [-0.05, 0) is 75.1 Å². The monoisotopic (exact) mass is 581 g/mol. The van der Waals surface area contributed by atoms with E-state index in [9.17, 15) is 18.0 Å². The smallest absolute Gasteiger partial charge is 0.376 e. The predicted molar refractivity (Wildman–Crippen MR) is 154 cm³/mol. The molecule has 1 aliphatic carbocycles. The Kier molecular flexibility index (Phi) is 7.74. The number of carbonyl (C=O) groups excluding carboxylic acids is 1. The van der Waals surface area contributed by atoms with E-state index in [0.717, 1.165) is 49.0 Å². The maximum absolute atomic E-state index is 13.5. The second-order valence-corrected chi connectivity index (χ2v) is 12.1. The van der Waals surface area contributed by atoms with E-state index in [2.05, 4.69) is 33.6 Å². The Hall–Kier alpha value is -3.08. The van der Waals surface area contributed by atoms with Crippen molar-refractivity contribution in [3.63, 3.8) is 0 Å². The Morgan fingerprint density at radius 3 is 2.55 bits per heavy atom. The zero-order chi connectivity index (χ0) is 29.6. The van der Waals surface area contributed by atoms with Crippen LogP contribution in [0, 0.1) is 0 Å². The average Bonchev–Trinajstić information content (AvgIpc) is 3.33. The number of rotatable bonds is 5. The molecule has 1 amide bonds. The molecule has 6 rings (SSSR count). The molecule has 2 unspecified atom stereocenters. The van der Waals surface area contributed by atoms with Gasteiger partial charge in [0.25, 0.3) is 5.91 Å². The van der Waals surface area contributed by atoms with Crippen molar-refractivity contribution in [3.8, 4) is 0 Å². The molecule has 3 atom stereocenters. The number of carbonyl (C=O) groups is 1. The molecule has 2 saturated heterocycles. The van der Waals surface area contributed by atoms with Crippen LogP contribution in [0.15, 0.2) is 48.8 Å². The van der Waals surface area contributed by atoms with Crippen LogP contribution in [0.5, 0.6) is 0 Å². The van der Waals surface area contributed by atoms with Gasteiger partial charge in [0.1, 0.15) is 0 Å². The van der Waals surface area contributed by atoms with Crippen molar-refractivity contribution in [2.75, 3.05) is 39.3 Å². The van der Waals surface area contributed by atoms with Gasteiger partial charge in [0.2, 0.25) is 0 Å². The number of aromatic nitrogens is 2. The number of halogens is 3. The summed E-state index contributed by atoms with van der Waals surface area (Å²) in [5.41, 5.74) is 2.29. The average molecular weight is 582 g/mol. The molecular formula is C32H38F3N5O2. The molecule has 1 aromatic carbocycles. The fourth-order valence-corrected chi connectivity index (χ4v) is 7.25. The second-order valence-electron chi connectivity index (χ2n) is 12.1. The molecule has 0 bridgehead atoms. The zero-order valence-electron chi connectivity index (χ0n) is 24.4. The van der Waals surface area contributed by atoms with E-state index in [1.165, 1.54) is 12.1 Å². The minimum absolute atomic E-state index is 0.0196. The van der Waals surface area contributed by atoms with Gasteiger partial charge in [-0.3, -0.25) is 14.6 Å². The number of hydrogen-bond donors (Lipinski definition) is 0. The lowest BCUT2D eigenvalue weighted by Gasteiger charge is -2.53. The van der Waals surface area contributed by atoms with E-state index < -0.39 is 11.7 Å². The quantitative estimate of drug-likeness (QED) is 0.405. The molecule has 0 N–H and O–H groups in total. The summed E-state index contributed by atoms with van der Waals surface area (Å²) >= 11 is 0. The number of piperazine rings is 1. The van der Waals surface area contributed by atoms with Gasteiger partial charge >= 0.3 is 6.18 Å².